The Balaban J connectivity index is 1.87. The van der Waals surface area contributed by atoms with Crippen molar-refractivity contribution in [3.05, 3.63) is 12.2 Å². The molecule has 0 aromatic rings. The van der Waals surface area contributed by atoms with Gasteiger partial charge in [-0.2, -0.15) is 0 Å². The first-order chi connectivity index (χ1) is 10.9. The van der Waals surface area contributed by atoms with Crippen LogP contribution in [0.5, 0.6) is 0 Å². The Hall–Kier alpha value is -1.07. The van der Waals surface area contributed by atoms with Gasteiger partial charge in [0.1, 0.15) is 0 Å². The Morgan fingerprint density at radius 3 is 2.35 bits per heavy atom. The van der Waals surface area contributed by atoms with Gasteiger partial charge in [0.05, 0.1) is 17.5 Å². The van der Waals surface area contributed by atoms with Crippen molar-refractivity contribution >= 4 is 23.4 Å². The molecule has 3 N–H and O–H groups in total. The lowest BCUT2D eigenvalue weighted by molar-refractivity contribution is -0.128. The highest BCUT2D eigenvalue weighted by molar-refractivity contribution is 6.21. The van der Waals surface area contributed by atoms with Gasteiger partial charge in [-0.1, -0.05) is 25.8 Å². The first-order valence-electron chi connectivity index (χ1n) is 8.47. The van der Waals surface area contributed by atoms with E-state index < -0.39 is 6.10 Å². The Morgan fingerprint density at radius 1 is 1.09 bits per heavy atom. The molecule has 4 atom stereocenters. The molecule has 0 heterocycles. The van der Waals surface area contributed by atoms with E-state index in [9.17, 15) is 14.7 Å². The molecule has 2 aliphatic rings. The van der Waals surface area contributed by atoms with Crippen LogP contribution in [0.2, 0.25) is 0 Å². The van der Waals surface area contributed by atoms with Gasteiger partial charge >= 0.3 is 0 Å². The quantitative estimate of drug-likeness (QED) is 0.539. The molecular weight excluding hydrogens is 316 g/mol. The summed E-state index contributed by atoms with van der Waals surface area (Å²) < 4.78 is 0. The second kappa shape index (κ2) is 8.15. The Labute approximate surface area is 142 Å². The first kappa shape index (κ1) is 18.3. The number of halogens is 1. The highest BCUT2D eigenvalue weighted by atomic mass is 35.5. The maximum absolute atomic E-state index is 12.3. The fourth-order valence-electron chi connectivity index (χ4n) is 3.40. The van der Waals surface area contributed by atoms with E-state index in [0.717, 1.165) is 25.7 Å². The molecule has 130 valence electrons. The van der Waals surface area contributed by atoms with E-state index in [2.05, 4.69) is 17.2 Å². The number of aliphatic hydroxyl groups is 1. The number of hydrogen-bond acceptors (Lipinski definition) is 3. The van der Waals surface area contributed by atoms with Crippen LogP contribution in [0, 0.1) is 5.92 Å². The van der Waals surface area contributed by atoms with Crippen LogP contribution in [-0.4, -0.2) is 40.5 Å². The number of amides is 2. The lowest BCUT2D eigenvalue weighted by atomic mass is 9.85. The molecule has 0 bridgehead atoms. The van der Waals surface area contributed by atoms with E-state index in [1.54, 1.807) is 6.92 Å². The van der Waals surface area contributed by atoms with Crippen molar-refractivity contribution < 1.29 is 14.7 Å². The molecule has 2 saturated carbocycles. The third-order valence-corrected chi connectivity index (χ3v) is 5.37. The van der Waals surface area contributed by atoms with Crippen molar-refractivity contribution in [3.8, 4) is 0 Å². The Morgan fingerprint density at radius 2 is 1.74 bits per heavy atom. The van der Waals surface area contributed by atoms with Crippen LogP contribution in [0.3, 0.4) is 0 Å². The second-order valence-electron chi connectivity index (χ2n) is 6.87. The van der Waals surface area contributed by atoms with E-state index in [0.29, 0.717) is 18.4 Å². The lowest BCUT2D eigenvalue weighted by Crippen LogP contribution is -2.56. The molecule has 0 saturated heterocycles. The summed E-state index contributed by atoms with van der Waals surface area (Å²) in [5, 5.41) is 15.7. The van der Waals surface area contributed by atoms with E-state index in [4.69, 9.17) is 11.6 Å². The van der Waals surface area contributed by atoms with E-state index >= 15 is 0 Å². The summed E-state index contributed by atoms with van der Waals surface area (Å²) >= 11 is 6.35. The molecule has 4 unspecified atom stereocenters. The minimum Gasteiger partial charge on any atom is -0.391 e. The molecule has 6 heteroatoms. The van der Waals surface area contributed by atoms with E-state index in [1.165, 1.54) is 6.42 Å². The Kier molecular flexibility index (Phi) is 6.48. The van der Waals surface area contributed by atoms with Crippen LogP contribution < -0.4 is 10.6 Å². The molecule has 2 amide bonds. The van der Waals surface area contributed by atoms with Gasteiger partial charge in [0, 0.05) is 17.5 Å². The summed E-state index contributed by atoms with van der Waals surface area (Å²) in [4.78, 5) is 24.0. The highest BCUT2D eigenvalue weighted by Gasteiger charge is 2.37. The van der Waals surface area contributed by atoms with Gasteiger partial charge in [-0.05, 0) is 32.6 Å². The van der Waals surface area contributed by atoms with Crippen molar-refractivity contribution in [3.63, 3.8) is 0 Å². The van der Waals surface area contributed by atoms with Gasteiger partial charge in [0.15, 0.2) is 0 Å². The molecule has 2 fully saturated rings. The summed E-state index contributed by atoms with van der Waals surface area (Å²) in [5.41, 5.74) is 0.413. The molecule has 5 nitrogen and oxygen atoms in total. The molecule has 0 aromatic carbocycles. The number of carbonyl (C=O) groups is 2. The van der Waals surface area contributed by atoms with Gasteiger partial charge in [0.2, 0.25) is 11.8 Å². The van der Waals surface area contributed by atoms with Crippen LogP contribution in [0.1, 0.15) is 51.9 Å². The monoisotopic (exact) mass is 342 g/mol. The number of hydrogen-bond donors (Lipinski definition) is 3. The van der Waals surface area contributed by atoms with Crippen molar-refractivity contribution in [2.75, 3.05) is 0 Å². The third-order valence-electron chi connectivity index (χ3n) is 4.88. The Bertz CT molecular complexity index is 463. The number of aliphatic hydroxyl groups excluding tert-OH is 1. The lowest BCUT2D eigenvalue weighted by Gasteiger charge is -2.38. The van der Waals surface area contributed by atoms with Gasteiger partial charge in [-0.25, -0.2) is 0 Å². The van der Waals surface area contributed by atoms with E-state index in [1.807, 2.05) is 0 Å². The standard InChI is InChI=1S/C17H27ClN2O3/c1-10(2)16(22)19-13-9-15(21)14(8-12(13)18)20-17(23)11-6-4-3-5-7-11/h11-15,21H,1,3-9H2,2H3,(H,19,22)(H,20,23). The summed E-state index contributed by atoms with van der Waals surface area (Å²) in [6, 6.07) is -0.649. The fraction of sp³-hybridized carbons (Fsp3) is 0.765. The van der Waals surface area contributed by atoms with Crippen LogP contribution in [0.25, 0.3) is 0 Å². The molecule has 2 aliphatic carbocycles. The van der Waals surface area contributed by atoms with Crippen molar-refractivity contribution in [2.24, 2.45) is 5.92 Å². The zero-order chi connectivity index (χ0) is 17.0. The third kappa shape index (κ3) is 4.95. The topological polar surface area (TPSA) is 78.4 Å². The average molecular weight is 343 g/mol. The number of alkyl halides is 1. The molecular formula is C17H27ClN2O3. The molecule has 0 aromatic heterocycles. The largest absolute Gasteiger partial charge is 0.391 e. The summed E-state index contributed by atoms with van der Waals surface area (Å²) in [7, 11) is 0. The van der Waals surface area contributed by atoms with Gasteiger partial charge in [-0.3, -0.25) is 9.59 Å². The van der Waals surface area contributed by atoms with Crippen molar-refractivity contribution in [1.29, 1.82) is 0 Å². The number of nitrogens with one attached hydrogen (secondary N) is 2. The first-order valence-corrected chi connectivity index (χ1v) is 8.91. The summed E-state index contributed by atoms with van der Waals surface area (Å²) in [6.07, 6.45) is 5.33. The van der Waals surface area contributed by atoms with Crippen LogP contribution >= 0.6 is 11.6 Å². The zero-order valence-electron chi connectivity index (χ0n) is 13.7. The normalized spacial score (nSPS) is 32.1. The molecule has 0 spiro atoms. The number of rotatable bonds is 4. The minimum absolute atomic E-state index is 0.0297. The fourth-order valence-corrected chi connectivity index (χ4v) is 3.76. The number of carbonyl (C=O) groups excluding carboxylic acids is 2. The predicted octanol–water partition coefficient (Wildman–Crippen LogP) is 1.87. The van der Waals surface area contributed by atoms with Gasteiger partial charge < -0.3 is 15.7 Å². The van der Waals surface area contributed by atoms with Crippen molar-refractivity contribution in [1.82, 2.24) is 10.6 Å². The predicted molar refractivity (Wildman–Crippen MR) is 90.1 cm³/mol. The molecule has 23 heavy (non-hydrogen) atoms. The SMILES string of the molecule is C=C(C)C(=O)NC1CC(O)C(NC(=O)C2CCCCC2)CC1Cl. The molecule has 0 radical (unpaired) electrons. The minimum atomic E-state index is -0.701. The second-order valence-corrected chi connectivity index (χ2v) is 7.43. The van der Waals surface area contributed by atoms with Gasteiger partial charge in [0.25, 0.3) is 0 Å². The zero-order valence-corrected chi connectivity index (χ0v) is 14.4. The van der Waals surface area contributed by atoms with E-state index in [-0.39, 0.29) is 35.2 Å². The van der Waals surface area contributed by atoms with Crippen LogP contribution in [0.15, 0.2) is 12.2 Å². The van der Waals surface area contributed by atoms with Crippen LogP contribution in [-0.2, 0) is 9.59 Å². The molecule has 2 rings (SSSR count). The van der Waals surface area contributed by atoms with Gasteiger partial charge in [-0.15, -0.1) is 11.6 Å². The average Bonchev–Trinajstić information content (AvgIpc) is 2.52. The summed E-state index contributed by atoms with van der Waals surface area (Å²) in [5.74, 6) is -0.162. The highest BCUT2D eigenvalue weighted by Crippen LogP contribution is 2.27. The van der Waals surface area contributed by atoms with Crippen LogP contribution in [0.4, 0.5) is 0 Å². The maximum Gasteiger partial charge on any atom is 0.246 e. The summed E-state index contributed by atoms with van der Waals surface area (Å²) in [6.45, 7) is 5.23. The maximum atomic E-state index is 12.3. The molecule has 0 aliphatic heterocycles. The smallest absolute Gasteiger partial charge is 0.246 e. The van der Waals surface area contributed by atoms with Crippen molar-refractivity contribution in [2.45, 2.75) is 75.4 Å².